The summed E-state index contributed by atoms with van der Waals surface area (Å²) >= 11 is 0. The summed E-state index contributed by atoms with van der Waals surface area (Å²) in [4.78, 5) is 13.9. The molecular formula is C21H23NO4. The Bertz CT molecular complexity index is 721. The van der Waals surface area contributed by atoms with E-state index >= 15 is 0 Å². The number of fused-ring (bicyclic) bond motifs is 1. The molecule has 136 valence electrons. The highest BCUT2D eigenvalue weighted by Gasteiger charge is 2.49. The van der Waals surface area contributed by atoms with Gasteiger partial charge in [-0.2, -0.15) is 0 Å². The van der Waals surface area contributed by atoms with Gasteiger partial charge in [0.15, 0.2) is 0 Å². The first-order chi connectivity index (χ1) is 12.8. The van der Waals surface area contributed by atoms with E-state index in [2.05, 4.69) is 0 Å². The zero-order valence-corrected chi connectivity index (χ0v) is 14.6. The predicted molar refractivity (Wildman–Crippen MR) is 96.5 cm³/mol. The number of carbonyl (C=O) groups is 1. The maximum absolute atomic E-state index is 12.1. The van der Waals surface area contributed by atoms with E-state index in [1.165, 1.54) is 0 Å². The topological polar surface area (TPSA) is 48.0 Å². The normalized spacial score (nSPS) is 24.5. The fourth-order valence-electron chi connectivity index (χ4n) is 3.68. The quantitative estimate of drug-likeness (QED) is 0.766. The second-order valence-corrected chi connectivity index (χ2v) is 6.78. The highest BCUT2D eigenvalue weighted by molar-refractivity contribution is 5.71. The molecule has 26 heavy (non-hydrogen) atoms. The Morgan fingerprint density at radius 1 is 0.962 bits per heavy atom. The molecule has 2 aliphatic rings. The minimum absolute atomic E-state index is 0.0381. The number of rotatable bonds is 7. The molecule has 1 amide bonds. The SMILES string of the molecule is O=C1OC[C@@H]2C[C@H](OCc3ccccc3)[C@@H](COCc3ccccc3)N12. The molecule has 0 bridgehead atoms. The van der Waals surface area contributed by atoms with Crippen LogP contribution in [0.4, 0.5) is 4.79 Å². The smallest absolute Gasteiger partial charge is 0.410 e. The summed E-state index contributed by atoms with van der Waals surface area (Å²) in [5.41, 5.74) is 2.25. The molecular weight excluding hydrogens is 330 g/mol. The van der Waals surface area contributed by atoms with Crippen LogP contribution in [0.2, 0.25) is 0 Å². The Kier molecular flexibility index (Phi) is 5.18. The minimum atomic E-state index is -0.255. The van der Waals surface area contributed by atoms with Crippen molar-refractivity contribution in [3.05, 3.63) is 71.8 Å². The molecule has 4 rings (SSSR count). The summed E-state index contributed by atoms with van der Waals surface area (Å²) < 4.78 is 17.3. The molecule has 2 saturated heterocycles. The number of benzene rings is 2. The van der Waals surface area contributed by atoms with Crippen molar-refractivity contribution < 1.29 is 19.0 Å². The largest absolute Gasteiger partial charge is 0.447 e. The summed E-state index contributed by atoms with van der Waals surface area (Å²) in [6, 6.07) is 20.1. The van der Waals surface area contributed by atoms with Crippen LogP contribution in [0.1, 0.15) is 17.5 Å². The summed E-state index contributed by atoms with van der Waals surface area (Å²) in [5, 5.41) is 0. The van der Waals surface area contributed by atoms with Crippen LogP contribution in [-0.4, -0.2) is 42.4 Å². The number of amides is 1. The van der Waals surface area contributed by atoms with E-state index in [9.17, 15) is 4.79 Å². The molecule has 0 saturated carbocycles. The van der Waals surface area contributed by atoms with Gasteiger partial charge in [-0.15, -0.1) is 0 Å². The summed E-state index contributed by atoms with van der Waals surface area (Å²) in [5.74, 6) is 0. The number of ether oxygens (including phenoxy) is 3. The average Bonchev–Trinajstić information content (AvgIpc) is 3.22. The maximum Gasteiger partial charge on any atom is 0.410 e. The van der Waals surface area contributed by atoms with Crippen molar-refractivity contribution in [2.24, 2.45) is 0 Å². The van der Waals surface area contributed by atoms with E-state index in [-0.39, 0.29) is 24.3 Å². The highest BCUT2D eigenvalue weighted by atomic mass is 16.6. The lowest BCUT2D eigenvalue weighted by Gasteiger charge is -2.25. The number of hydrogen-bond donors (Lipinski definition) is 0. The third-order valence-corrected chi connectivity index (χ3v) is 5.00. The van der Waals surface area contributed by atoms with Gasteiger partial charge in [-0.05, 0) is 17.5 Å². The fraction of sp³-hybridized carbons (Fsp3) is 0.381. The standard InChI is InChI=1S/C21H23NO4/c23-21-22-18(14-26-21)11-20(25-13-17-9-5-2-6-10-17)19(22)15-24-12-16-7-3-1-4-8-16/h1-10,18-20H,11-15H2/t18-,19+,20-/m0/s1. The Hall–Kier alpha value is -2.37. The first-order valence-corrected chi connectivity index (χ1v) is 9.03. The van der Waals surface area contributed by atoms with Gasteiger partial charge in [0.2, 0.25) is 0 Å². The zero-order chi connectivity index (χ0) is 17.8. The first kappa shape index (κ1) is 17.1. The van der Waals surface area contributed by atoms with Crippen LogP contribution in [-0.2, 0) is 27.4 Å². The lowest BCUT2D eigenvalue weighted by molar-refractivity contribution is -0.0181. The molecule has 0 spiro atoms. The number of hydrogen-bond acceptors (Lipinski definition) is 4. The maximum atomic E-state index is 12.1. The van der Waals surface area contributed by atoms with E-state index in [4.69, 9.17) is 14.2 Å². The summed E-state index contributed by atoms with van der Waals surface area (Å²) in [7, 11) is 0. The van der Waals surface area contributed by atoms with Crippen LogP contribution in [0, 0.1) is 0 Å². The molecule has 2 fully saturated rings. The molecule has 2 heterocycles. The molecule has 0 unspecified atom stereocenters. The molecule has 2 aliphatic heterocycles. The van der Waals surface area contributed by atoms with Gasteiger partial charge in [0.05, 0.1) is 38.0 Å². The van der Waals surface area contributed by atoms with Crippen LogP contribution < -0.4 is 0 Å². The Morgan fingerprint density at radius 3 is 2.31 bits per heavy atom. The van der Waals surface area contributed by atoms with E-state index in [1.807, 2.05) is 60.7 Å². The molecule has 5 nitrogen and oxygen atoms in total. The van der Waals surface area contributed by atoms with Crippen LogP contribution in [0.5, 0.6) is 0 Å². The van der Waals surface area contributed by atoms with Crippen molar-refractivity contribution in [1.82, 2.24) is 4.90 Å². The van der Waals surface area contributed by atoms with Crippen molar-refractivity contribution in [3.63, 3.8) is 0 Å². The second-order valence-electron chi connectivity index (χ2n) is 6.78. The lowest BCUT2D eigenvalue weighted by Crippen LogP contribution is -2.42. The van der Waals surface area contributed by atoms with Crippen LogP contribution in [0.3, 0.4) is 0 Å². The molecule has 5 heteroatoms. The van der Waals surface area contributed by atoms with Crippen molar-refractivity contribution >= 4 is 6.09 Å². The van der Waals surface area contributed by atoms with Crippen molar-refractivity contribution in [2.75, 3.05) is 13.2 Å². The Morgan fingerprint density at radius 2 is 1.62 bits per heavy atom. The van der Waals surface area contributed by atoms with Crippen LogP contribution in [0.25, 0.3) is 0 Å². The molecule has 0 aliphatic carbocycles. The van der Waals surface area contributed by atoms with Gasteiger partial charge in [0, 0.05) is 0 Å². The molecule has 2 aromatic rings. The van der Waals surface area contributed by atoms with Crippen molar-refractivity contribution in [2.45, 2.75) is 37.8 Å². The van der Waals surface area contributed by atoms with Crippen LogP contribution >= 0.6 is 0 Å². The van der Waals surface area contributed by atoms with Crippen LogP contribution in [0.15, 0.2) is 60.7 Å². The van der Waals surface area contributed by atoms with E-state index < -0.39 is 0 Å². The minimum Gasteiger partial charge on any atom is -0.447 e. The van der Waals surface area contributed by atoms with E-state index in [0.717, 1.165) is 17.5 Å². The molecule has 0 radical (unpaired) electrons. The van der Waals surface area contributed by atoms with Gasteiger partial charge in [-0.25, -0.2) is 4.79 Å². The monoisotopic (exact) mass is 353 g/mol. The van der Waals surface area contributed by atoms with Crippen molar-refractivity contribution in [1.29, 1.82) is 0 Å². The molecule has 0 aromatic heterocycles. The number of cyclic esters (lactones) is 1. The molecule has 3 atom stereocenters. The lowest BCUT2D eigenvalue weighted by atomic mass is 10.1. The first-order valence-electron chi connectivity index (χ1n) is 9.03. The van der Waals surface area contributed by atoms with Gasteiger partial charge >= 0.3 is 6.09 Å². The zero-order valence-electron chi connectivity index (χ0n) is 14.6. The van der Waals surface area contributed by atoms with E-state index in [0.29, 0.717) is 26.4 Å². The summed E-state index contributed by atoms with van der Waals surface area (Å²) in [6.07, 6.45) is 0.496. The van der Waals surface area contributed by atoms with Crippen molar-refractivity contribution in [3.8, 4) is 0 Å². The Labute approximate surface area is 153 Å². The number of carbonyl (C=O) groups excluding carboxylic acids is 1. The van der Waals surface area contributed by atoms with Gasteiger partial charge in [-0.1, -0.05) is 60.7 Å². The average molecular weight is 353 g/mol. The fourth-order valence-corrected chi connectivity index (χ4v) is 3.68. The predicted octanol–water partition coefficient (Wildman–Crippen LogP) is 3.38. The Balaban J connectivity index is 1.38. The van der Waals surface area contributed by atoms with E-state index in [1.54, 1.807) is 4.90 Å². The molecule has 0 N–H and O–H groups in total. The van der Waals surface area contributed by atoms with Gasteiger partial charge < -0.3 is 14.2 Å². The molecule has 2 aromatic carbocycles. The third kappa shape index (κ3) is 3.74. The highest BCUT2D eigenvalue weighted by Crippen LogP contribution is 2.32. The summed E-state index contributed by atoms with van der Waals surface area (Å²) in [6.45, 7) is 1.95. The van der Waals surface area contributed by atoms with Gasteiger partial charge in [0.1, 0.15) is 6.61 Å². The third-order valence-electron chi connectivity index (χ3n) is 5.00. The number of nitrogens with zero attached hydrogens (tertiary/aromatic N) is 1. The second kappa shape index (κ2) is 7.89. The van der Waals surface area contributed by atoms with Gasteiger partial charge in [-0.3, -0.25) is 4.90 Å². The van der Waals surface area contributed by atoms with Gasteiger partial charge in [0.25, 0.3) is 0 Å².